The molecule has 0 bridgehead atoms. The first-order valence-electron chi connectivity index (χ1n) is 4.86. The van der Waals surface area contributed by atoms with E-state index in [0.717, 1.165) is 12.8 Å². The number of aliphatic hydroxyl groups excluding tert-OH is 2. The zero-order chi connectivity index (χ0) is 10.3. The molecule has 0 spiro atoms. The fraction of sp³-hybridized carbons (Fsp3) is 0.818. The molecule has 2 atom stereocenters. The molecular formula is C11H20O2. The van der Waals surface area contributed by atoms with Gasteiger partial charge in [0.05, 0.1) is 6.10 Å². The van der Waals surface area contributed by atoms with Gasteiger partial charge in [-0.1, -0.05) is 19.8 Å². The van der Waals surface area contributed by atoms with Gasteiger partial charge in [0, 0.05) is 0 Å². The molecule has 0 aromatic rings. The molecule has 0 heterocycles. The third-order valence-corrected chi connectivity index (χ3v) is 2.06. The molecule has 0 aliphatic rings. The molecule has 13 heavy (non-hydrogen) atoms. The third-order valence-electron chi connectivity index (χ3n) is 2.06. The second-order valence-corrected chi connectivity index (χ2v) is 3.65. The van der Waals surface area contributed by atoms with Crippen LogP contribution < -0.4 is 0 Å². The first kappa shape index (κ1) is 12.5. The second kappa shape index (κ2) is 6.94. The van der Waals surface area contributed by atoms with Gasteiger partial charge in [0.25, 0.3) is 0 Å². The highest BCUT2D eigenvalue weighted by molar-refractivity contribution is 5.01. The van der Waals surface area contributed by atoms with Crippen LogP contribution >= 0.6 is 0 Å². The van der Waals surface area contributed by atoms with Crippen molar-refractivity contribution in [2.45, 2.75) is 52.2 Å². The van der Waals surface area contributed by atoms with Gasteiger partial charge in [-0.15, -0.1) is 5.92 Å². The molecule has 0 amide bonds. The summed E-state index contributed by atoms with van der Waals surface area (Å²) >= 11 is 0. The van der Waals surface area contributed by atoms with Crippen LogP contribution in [-0.4, -0.2) is 22.4 Å². The van der Waals surface area contributed by atoms with Crippen molar-refractivity contribution in [2.75, 3.05) is 0 Å². The summed E-state index contributed by atoms with van der Waals surface area (Å²) in [7, 11) is 0. The van der Waals surface area contributed by atoms with E-state index in [0.29, 0.717) is 12.3 Å². The Kier molecular flexibility index (Phi) is 6.66. The lowest BCUT2D eigenvalue weighted by molar-refractivity contribution is 0.108. The molecule has 2 unspecified atom stereocenters. The monoisotopic (exact) mass is 184 g/mol. The van der Waals surface area contributed by atoms with Crippen molar-refractivity contribution in [2.24, 2.45) is 5.92 Å². The average Bonchev–Trinajstić information content (AvgIpc) is 2.04. The Morgan fingerprint density at radius 2 is 1.77 bits per heavy atom. The van der Waals surface area contributed by atoms with Gasteiger partial charge < -0.3 is 10.2 Å². The molecule has 2 N–H and O–H groups in total. The third kappa shape index (κ3) is 6.62. The smallest absolute Gasteiger partial charge is 0.114 e. The van der Waals surface area contributed by atoms with Crippen molar-refractivity contribution in [3.63, 3.8) is 0 Å². The Labute approximate surface area is 81.0 Å². The van der Waals surface area contributed by atoms with Crippen molar-refractivity contribution in [3.8, 4) is 11.8 Å². The minimum atomic E-state index is -0.524. The molecule has 0 radical (unpaired) electrons. The van der Waals surface area contributed by atoms with Gasteiger partial charge in [0.2, 0.25) is 0 Å². The van der Waals surface area contributed by atoms with Crippen LogP contribution in [0.4, 0.5) is 0 Å². The van der Waals surface area contributed by atoms with E-state index in [9.17, 15) is 10.2 Å². The molecule has 76 valence electrons. The van der Waals surface area contributed by atoms with Crippen molar-refractivity contribution >= 4 is 0 Å². The van der Waals surface area contributed by atoms with Crippen LogP contribution in [0.15, 0.2) is 0 Å². The summed E-state index contributed by atoms with van der Waals surface area (Å²) in [6, 6.07) is 0. The Morgan fingerprint density at radius 3 is 2.23 bits per heavy atom. The molecule has 2 heteroatoms. The van der Waals surface area contributed by atoms with E-state index in [4.69, 9.17) is 0 Å². The van der Waals surface area contributed by atoms with Crippen molar-refractivity contribution in [1.29, 1.82) is 0 Å². The zero-order valence-corrected chi connectivity index (χ0v) is 8.75. The lowest BCUT2D eigenvalue weighted by Crippen LogP contribution is -2.15. The minimum absolute atomic E-state index is 0.248. The highest BCUT2D eigenvalue weighted by Crippen LogP contribution is 2.10. The van der Waals surface area contributed by atoms with Crippen LogP contribution in [-0.2, 0) is 0 Å². The molecule has 0 aromatic carbocycles. The average molecular weight is 184 g/mol. The maximum atomic E-state index is 9.45. The first-order chi connectivity index (χ1) is 6.07. The van der Waals surface area contributed by atoms with Crippen LogP contribution in [0, 0.1) is 17.8 Å². The fourth-order valence-corrected chi connectivity index (χ4v) is 1.09. The van der Waals surface area contributed by atoms with Gasteiger partial charge in [-0.05, 0) is 32.1 Å². The van der Waals surface area contributed by atoms with E-state index >= 15 is 0 Å². The molecule has 0 fully saturated rings. The van der Waals surface area contributed by atoms with E-state index in [1.807, 2.05) is 13.8 Å². The Bertz CT molecular complexity index is 176. The minimum Gasteiger partial charge on any atom is -0.393 e. The van der Waals surface area contributed by atoms with Crippen LogP contribution in [0.25, 0.3) is 0 Å². The Balaban J connectivity index is 3.48. The SMILES string of the molecule is CC#CC(O)CCCC(O)C(C)C. The lowest BCUT2D eigenvalue weighted by atomic mass is 10.0. The number of rotatable bonds is 5. The number of aliphatic hydroxyl groups is 2. The van der Waals surface area contributed by atoms with E-state index in [1.54, 1.807) is 6.92 Å². The van der Waals surface area contributed by atoms with E-state index < -0.39 is 6.10 Å². The zero-order valence-electron chi connectivity index (χ0n) is 8.75. The molecule has 2 nitrogen and oxygen atoms in total. The molecule has 0 aliphatic carbocycles. The largest absolute Gasteiger partial charge is 0.393 e. The number of hydrogen-bond donors (Lipinski definition) is 2. The summed E-state index contributed by atoms with van der Waals surface area (Å²) in [6.45, 7) is 5.70. The van der Waals surface area contributed by atoms with Crippen molar-refractivity contribution in [1.82, 2.24) is 0 Å². The van der Waals surface area contributed by atoms with E-state index in [-0.39, 0.29) is 6.10 Å². The van der Waals surface area contributed by atoms with Crippen molar-refractivity contribution in [3.05, 3.63) is 0 Å². The molecule has 0 rings (SSSR count). The molecule has 0 saturated heterocycles. The van der Waals surface area contributed by atoms with Crippen LogP contribution in [0.3, 0.4) is 0 Å². The van der Waals surface area contributed by atoms with E-state index in [1.165, 1.54) is 0 Å². The molecular weight excluding hydrogens is 164 g/mol. The first-order valence-corrected chi connectivity index (χ1v) is 4.86. The topological polar surface area (TPSA) is 40.5 Å². The van der Waals surface area contributed by atoms with Gasteiger partial charge in [-0.25, -0.2) is 0 Å². The standard InChI is InChI=1S/C11H20O2/c1-4-6-10(12)7-5-8-11(13)9(2)3/h9-13H,5,7-8H2,1-3H3. The van der Waals surface area contributed by atoms with Gasteiger partial charge in [-0.3, -0.25) is 0 Å². The van der Waals surface area contributed by atoms with Crippen molar-refractivity contribution < 1.29 is 10.2 Å². The highest BCUT2D eigenvalue weighted by atomic mass is 16.3. The predicted molar refractivity (Wildman–Crippen MR) is 54.2 cm³/mol. The summed E-state index contributed by atoms with van der Waals surface area (Å²) in [6.07, 6.45) is 1.46. The molecule has 0 saturated carbocycles. The predicted octanol–water partition coefficient (Wildman–Crippen LogP) is 1.56. The summed E-state index contributed by atoms with van der Waals surface area (Å²) in [5, 5.41) is 18.7. The molecule has 0 aliphatic heterocycles. The van der Waals surface area contributed by atoms with Gasteiger partial charge >= 0.3 is 0 Å². The Hall–Kier alpha value is -0.520. The summed E-state index contributed by atoms with van der Waals surface area (Å²) in [4.78, 5) is 0. The van der Waals surface area contributed by atoms with E-state index in [2.05, 4.69) is 11.8 Å². The second-order valence-electron chi connectivity index (χ2n) is 3.65. The fourth-order valence-electron chi connectivity index (χ4n) is 1.09. The van der Waals surface area contributed by atoms with Gasteiger partial charge in [-0.2, -0.15) is 0 Å². The van der Waals surface area contributed by atoms with Gasteiger partial charge in [0.1, 0.15) is 6.10 Å². The number of hydrogen-bond acceptors (Lipinski definition) is 2. The highest BCUT2D eigenvalue weighted by Gasteiger charge is 2.09. The summed E-state index contributed by atoms with van der Waals surface area (Å²) in [5.41, 5.74) is 0. The van der Waals surface area contributed by atoms with Crippen LogP contribution in [0.1, 0.15) is 40.0 Å². The molecule has 0 aromatic heterocycles. The van der Waals surface area contributed by atoms with Crippen LogP contribution in [0.2, 0.25) is 0 Å². The summed E-state index contributed by atoms with van der Waals surface area (Å²) < 4.78 is 0. The maximum absolute atomic E-state index is 9.45. The quantitative estimate of drug-likeness (QED) is 0.636. The lowest BCUT2D eigenvalue weighted by Gasteiger charge is -2.14. The Morgan fingerprint density at radius 1 is 1.15 bits per heavy atom. The normalized spacial score (nSPS) is 14.9. The van der Waals surface area contributed by atoms with Gasteiger partial charge in [0.15, 0.2) is 0 Å². The summed E-state index contributed by atoms with van der Waals surface area (Å²) in [5.74, 6) is 5.64. The van der Waals surface area contributed by atoms with Crippen LogP contribution in [0.5, 0.6) is 0 Å². The maximum Gasteiger partial charge on any atom is 0.114 e.